The Morgan fingerprint density at radius 3 is 2.91 bits per heavy atom. The molecule has 0 atom stereocenters. The van der Waals surface area contributed by atoms with Gasteiger partial charge in [-0.25, -0.2) is 0 Å². The van der Waals surface area contributed by atoms with Gasteiger partial charge in [-0.15, -0.1) is 11.8 Å². The van der Waals surface area contributed by atoms with Gasteiger partial charge < -0.3 is 10.6 Å². The summed E-state index contributed by atoms with van der Waals surface area (Å²) in [5.41, 5.74) is 2.54. The number of thioether (sulfide) groups is 1. The van der Waals surface area contributed by atoms with Crippen molar-refractivity contribution < 1.29 is 9.59 Å². The van der Waals surface area contributed by atoms with Crippen molar-refractivity contribution in [2.75, 3.05) is 17.6 Å². The molecular weight excluding hydrogens is 298 g/mol. The van der Waals surface area contributed by atoms with E-state index in [1.165, 1.54) is 0 Å². The molecule has 2 heterocycles. The number of hydrogen-bond acceptors (Lipinski definition) is 4. The van der Waals surface area contributed by atoms with Gasteiger partial charge in [-0.2, -0.15) is 0 Å². The fourth-order valence-electron chi connectivity index (χ4n) is 2.21. The molecule has 2 aromatic rings. The molecule has 0 saturated carbocycles. The molecule has 22 heavy (non-hydrogen) atoms. The second kappa shape index (κ2) is 6.62. The molecule has 3 rings (SSSR count). The highest BCUT2D eigenvalue weighted by Crippen LogP contribution is 2.31. The zero-order valence-electron chi connectivity index (χ0n) is 11.8. The maximum absolute atomic E-state index is 11.9. The van der Waals surface area contributed by atoms with Crippen LogP contribution in [0.2, 0.25) is 0 Å². The molecule has 0 fully saturated rings. The highest BCUT2D eigenvalue weighted by molar-refractivity contribution is 8.00. The molecular formula is C16H15N3O2S. The van der Waals surface area contributed by atoms with E-state index in [1.54, 1.807) is 36.3 Å². The Morgan fingerprint density at radius 1 is 1.27 bits per heavy atom. The summed E-state index contributed by atoms with van der Waals surface area (Å²) in [6, 6.07) is 9.38. The summed E-state index contributed by atoms with van der Waals surface area (Å²) in [7, 11) is 0. The predicted octanol–water partition coefficient (Wildman–Crippen LogP) is 2.10. The SMILES string of the molecule is O=C1CSc2ccc(CCNC(=O)c3ccncc3)cc2N1. The van der Waals surface area contributed by atoms with E-state index in [2.05, 4.69) is 15.6 Å². The van der Waals surface area contributed by atoms with Crippen molar-refractivity contribution in [3.05, 3.63) is 53.9 Å². The van der Waals surface area contributed by atoms with Gasteiger partial charge in [-0.05, 0) is 36.2 Å². The van der Waals surface area contributed by atoms with Crippen LogP contribution in [0.15, 0.2) is 47.6 Å². The zero-order chi connectivity index (χ0) is 15.4. The summed E-state index contributed by atoms with van der Waals surface area (Å²) >= 11 is 1.54. The highest BCUT2D eigenvalue weighted by Gasteiger charge is 2.15. The van der Waals surface area contributed by atoms with Crippen LogP contribution in [0, 0.1) is 0 Å². The Labute approximate surface area is 132 Å². The van der Waals surface area contributed by atoms with Gasteiger partial charge in [-0.1, -0.05) is 6.07 Å². The summed E-state index contributed by atoms with van der Waals surface area (Å²) in [4.78, 5) is 28.3. The Balaban J connectivity index is 1.57. The lowest BCUT2D eigenvalue weighted by Crippen LogP contribution is -2.25. The molecule has 2 N–H and O–H groups in total. The molecule has 5 nitrogen and oxygen atoms in total. The molecule has 0 spiro atoms. The van der Waals surface area contributed by atoms with E-state index >= 15 is 0 Å². The zero-order valence-corrected chi connectivity index (χ0v) is 12.7. The third kappa shape index (κ3) is 3.46. The first-order valence-corrected chi connectivity index (χ1v) is 7.95. The quantitative estimate of drug-likeness (QED) is 0.907. The fraction of sp³-hybridized carbons (Fsp3) is 0.188. The normalized spacial score (nSPS) is 13.2. The summed E-state index contributed by atoms with van der Waals surface area (Å²) in [5, 5.41) is 5.75. The van der Waals surface area contributed by atoms with Crippen LogP contribution in [0.5, 0.6) is 0 Å². The summed E-state index contributed by atoms with van der Waals surface area (Å²) in [6.07, 6.45) is 3.90. The Hall–Kier alpha value is -2.34. The molecule has 1 aromatic heterocycles. The summed E-state index contributed by atoms with van der Waals surface area (Å²) in [6.45, 7) is 0.543. The van der Waals surface area contributed by atoms with E-state index in [0.717, 1.165) is 16.1 Å². The molecule has 1 aliphatic rings. The van der Waals surface area contributed by atoms with Gasteiger partial charge in [0.25, 0.3) is 5.91 Å². The maximum Gasteiger partial charge on any atom is 0.251 e. The lowest BCUT2D eigenvalue weighted by molar-refractivity contribution is -0.113. The molecule has 0 bridgehead atoms. The predicted molar refractivity (Wildman–Crippen MR) is 86.1 cm³/mol. The number of carbonyl (C=O) groups is 2. The van der Waals surface area contributed by atoms with Crippen molar-refractivity contribution in [3.8, 4) is 0 Å². The molecule has 0 radical (unpaired) electrons. The first kappa shape index (κ1) is 14.6. The van der Waals surface area contributed by atoms with Crippen molar-refractivity contribution >= 4 is 29.3 Å². The van der Waals surface area contributed by atoms with Gasteiger partial charge in [-0.3, -0.25) is 14.6 Å². The average Bonchev–Trinajstić information content (AvgIpc) is 2.55. The highest BCUT2D eigenvalue weighted by atomic mass is 32.2. The molecule has 0 saturated heterocycles. The lowest BCUT2D eigenvalue weighted by Gasteiger charge is -2.17. The number of pyridine rings is 1. The van der Waals surface area contributed by atoms with Crippen molar-refractivity contribution in [2.24, 2.45) is 0 Å². The third-order valence-electron chi connectivity index (χ3n) is 3.32. The van der Waals surface area contributed by atoms with Crippen LogP contribution in [0.25, 0.3) is 0 Å². The number of amides is 2. The number of aromatic nitrogens is 1. The summed E-state index contributed by atoms with van der Waals surface area (Å²) < 4.78 is 0. The van der Waals surface area contributed by atoms with Crippen LogP contribution in [0.4, 0.5) is 5.69 Å². The van der Waals surface area contributed by atoms with Crippen molar-refractivity contribution in [2.45, 2.75) is 11.3 Å². The van der Waals surface area contributed by atoms with Gasteiger partial charge in [0.05, 0.1) is 11.4 Å². The largest absolute Gasteiger partial charge is 0.352 e. The molecule has 112 valence electrons. The second-order valence-corrected chi connectivity index (χ2v) is 5.93. The monoisotopic (exact) mass is 313 g/mol. The van der Waals surface area contributed by atoms with E-state index in [-0.39, 0.29) is 11.8 Å². The first-order valence-electron chi connectivity index (χ1n) is 6.96. The fourth-order valence-corrected chi connectivity index (χ4v) is 3.00. The smallest absolute Gasteiger partial charge is 0.251 e. The van der Waals surface area contributed by atoms with Crippen molar-refractivity contribution in [3.63, 3.8) is 0 Å². The van der Waals surface area contributed by atoms with Crippen molar-refractivity contribution in [1.29, 1.82) is 0 Å². The molecule has 6 heteroatoms. The number of rotatable bonds is 4. The standard InChI is InChI=1S/C16H15N3O2S/c20-15-10-22-14-2-1-11(9-13(14)19-15)3-8-18-16(21)12-4-6-17-7-5-12/h1-2,4-7,9H,3,8,10H2,(H,18,21)(H,19,20). The van der Waals surface area contributed by atoms with Crippen molar-refractivity contribution in [1.82, 2.24) is 10.3 Å². The minimum Gasteiger partial charge on any atom is -0.352 e. The van der Waals surface area contributed by atoms with E-state index in [4.69, 9.17) is 0 Å². The molecule has 0 unspecified atom stereocenters. The van der Waals surface area contributed by atoms with Crippen LogP contribution < -0.4 is 10.6 Å². The van der Waals surface area contributed by atoms with Crippen LogP contribution in [0.1, 0.15) is 15.9 Å². The van der Waals surface area contributed by atoms with Gasteiger partial charge in [0, 0.05) is 29.4 Å². The van der Waals surface area contributed by atoms with E-state index in [9.17, 15) is 9.59 Å². The van der Waals surface area contributed by atoms with E-state index < -0.39 is 0 Å². The minimum atomic E-state index is -0.107. The topological polar surface area (TPSA) is 71.1 Å². The molecule has 2 amide bonds. The van der Waals surface area contributed by atoms with Crippen LogP contribution >= 0.6 is 11.8 Å². The number of carbonyl (C=O) groups excluding carboxylic acids is 2. The molecule has 1 aromatic carbocycles. The molecule has 1 aliphatic heterocycles. The van der Waals surface area contributed by atoms with Crippen LogP contribution in [0.3, 0.4) is 0 Å². The van der Waals surface area contributed by atoms with Crippen LogP contribution in [-0.2, 0) is 11.2 Å². The Bertz CT molecular complexity index is 704. The van der Waals surface area contributed by atoms with E-state index in [0.29, 0.717) is 24.3 Å². The second-order valence-electron chi connectivity index (χ2n) is 4.91. The minimum absolute atomic E-state index is 0.0284. The van der Waals surface area contributed by atoms with Gasteiger partial charge in [0.15, 0.2) is 0 Å². The number of fused-ring (bicyclic) bond motifs is 1. The van der Waals surface area contributed by atoms with E-state index in [1.807, 2.05) is 18.2 Å². The number of anilines is 1. The Morgan fingerprint density at radius 2 is 2.09 bits per heavy atom. The number of nitrogens with zero attached hydrogens (tertiary/aromatic N) is 1. The van der Waals surface area contributed by atoms with Gasteiger partial charge >= 0.3 is 0 Å². The maximum atomic E-state index is 11.9. The average molecular weight is 313 g/mol. The number of benzene rings is 1. The summed E-state index contributed by atoms with van der Waals surface area (Å²) in [5.74, 6) is 0.388. The molecule has 0 aliphatic carbocycles. The first-order chi connectivity index (χ1) is 10.7. The number of hydrogen-bond donors (Lipinski definition) is 2. The van der Waals surface area contributed by atoms with Crippen LogP contribution in [-0.4, -0.2) is 29.1 Å². The lowest BCUT2D eigenvalue weighted by atomic mass is 10.1. The van der Waals surface area contributed by atoms with Gasteiger partial charge in [0.2, 0.25) is 5.91 Å². The number of nitrogens with one attached hydrogen (secondary N) is 2. The third-order valence-corrected chi connectivity index (χ3v) is 4.39. The van der Waals surface area contributed by atoms with Gasteiger partial charge in [0.1, 0.15) is 0 Å². The Kier molecular flexibility index (Phi) is 4.39.